The van der Waals surface area contributed by atoms with Crippen molar-refractivity contribution in [1.29, 1.82) is 0 Å². The number of aromatic nitrogens is 2. The molecule has 1 aliphatic rings. The highest BCUT2D eigenvalue weighted by Gasteiger charge is 2.22. The maximum absolute atomic E-state index is 6.11. The van der Waals surface area contributed by atoms with Crippen LogP contribution >= 0.6 is 23.2 Å². The Morgan fingerprint density at radius 1 is 0.842 bits per heavy atom. The molecule has 0 spiro atoms. The zero-order chi connectivity index (χ0) is 25.8. The van der Waals surface area contributed by atoms with Gasteiger partial charge < -0.3 is 20.3 Å². The van der Waals surface area contributed by atoms with E-state index in [2.05, 4.69) is 28.8 Å². The van der Waals surface area contributed by atoms with Gasteiger partial charge in [-0.1, -0.05) is 54.9 Å². The van der Waals surface area contributed by atoms with Crippen LogP contribution in [0.25, 0.3) is 10.9 Å². The summed E-state index contributed by atoms with van der Waals surface area (Å²) in [5.41, 5.74) is 2.14. The van der Waals surface area contributed by atoms with Crippen molar-refractivity contribution < 1.29 is 4.74 Å². The Balaban J connectivity index is 0.00000336. The molecule has 1 aromatic heterocycles. The van der Waals surface area contributed by atoms with E-state index < -0.39 is 0 Å². The molecule has 38 heavy (non-hydrogen) atoms. The zero-order valence-corrected chi connectivity index (χ0v) is 22.6. The Morgan fingerprint density at radius 3 is 2.34 bits per heavy atom. The van der Waals surface area contributed by atoms with Crippen molar-refractivity contribution in [1.82, 2.24) is 15.3 Å². The lowest BCUT2D eigenvalue weighted by Crippen LogP contribution is -2.37. The fourth-order valence-corrected chi connectivity index (χ4v) is 5.04. The van der Waals surface area contributed by atoms with Gasteiger partial charge in [-0.25, -0.2) is 4.98 Å². The number of fused-ring (bicyclic) bond motifs is 1. The first kappa shape index (κ1) is 28.0. The lowest BCUT2D eigenvalue weighted by molar-refractivity contribution is 0.352. The molecule has 3 aromatic carbocycles. The summed E-state index contributed by atoms with van der Waals surface area (Å²) in [6.45, 7) is 0.793. The molecule has 0 saturated heterocycles. The number of halogens is 2. The first-order valence-electron chi connectivity index (χ1n) is 12.6. The lowest BCUT2D eigenvalue weighted by Gasteiger charge is -2.30. The minimum Gasteiger partial charge on any atom is -0.457 e. The summed E-state index contributed by atoms with van der Waals surface area (Å²) in [5, 5.41) is 9.37. The van der Waals surface area contributed by atoms with Crippen LogP contribution in [0.1, 0.15) is 38.7 Å². The highest BCUT2D eigenvalue weighted by molar-refractivity contribution is 6.42. The van der Waals surface area contributed by atoms with E-state index in [-0.39, 0.29) is 7.43 Å². The van der Waals surface area contributed by atoms with Gasteiger partial charge in [0.05, 0.1) is 15.6 Å². The highest BCUT2D eigenvalue weighted by Crippen LogP contribution is 2.30. The molecule has 1 saturated carbocycles. The van der Waals surface area contributed by atoms with Gasteiger partial charge in [-0.05, 0) is 67.6 Å². The average molecular weight is 553 g/mol. The van der Waals surface area contributed by atoms with Crippen molar-refractivity contribution in [3.8, 4) is 11.5 Å². The van der Waals surface area contributed by atoms with Crippen LogP contribution in [0.2, 0.25) is 10.0 Å². The van der Waals surface area contributed by atoms with Crippen LogP contribution in [-0.4, -0.2) is 36.1 Å². The van der Waals surface area contributed by atoms with Gasteiger partial charge in [0.1, 0.15) is 17.3 Å². The minimum absolute atomic E-state index is 0. The maximum atomic E-state index is 6.11. The number of hydrogen-bond acceptors (Lipinski definition) is 6. The summed E-state index contributed by atoms with van der Waals surface area (Å²) in [6.07, 6.45) is 4.35. The largest absolute Gasteiger partial charge is 0.457 e. The van der Waals surface area contributed by atoms with E-state index in [1.54, 1.807) is 12.1 Å². The van der Waals surface area contributed by atoms with Gasteiger partial charge in [0.25, 0.3) is 0 Å². The van der Waals surface area contributed by atoms with Crippen molar-refractivity contribution in [3.05, 3.63) is 82.3 Å². The summed E-state index contributed by atoms with van der Waals surface area (Å²) in [6, 6.07) is 22.4. The van der Waals surface area contributed by atoms with Crippen molar-refractivity contribution in [2.75, 3.05) is 24.3 Å². The summed E-state index contributed by atoms with van der Waals surface area (Å²) < 4.78 is 5.97. The van der Waals surface area contributed by atoms with E-state index in [9.17, 15) is 0 Å². The minimum atomic E-state index is 0. The summed E-state index contributed by atoms with van der Waals surface area (Å²) in [4.78, 5) is 11.6. The molecule has 0 radical (unpaired) electrons. The molecule has 1 fully saturated rings. The number of hydrogen-bond donors (Lipinski definition) is 2. The average Bonchev–Trinajstić information content (AvgIpc) is 2.90. The Labute approximate surface area is 235 Å². The zero-order valence-electron chi connectivity index (χ0n) is 21.0. The number of para-hydroxylation sites is 1. The van der Waals surface area contributed by atoms with Gasteiger partial charge in [0, 0.05) is 44.2 Å². The number of benzene rings is 3. The van der Waals surface area contributed by atoms with Crippen LogP contribution < -0.4 is 20.3 Å². The topological polar surface area (TPSA) is 62.3 Å². The van der Waals surface area contributed by atoms with Crippen molar-refractivity contribution in [3.63, 3.8) is 0 Å². The fourth-order valence-electron chi connectivity index (χ4n) is 4.75. The monoisotopic (exact) mass is 551 g/mol. The molecule has 0 bridgehead atoms. The van der Waals surface area contributed by atoms with Crippen molar-refractivity contribution >= 4 is 45.9 Å². The van der Waals surface area contributed by atoms with E-state index in [1.165, 1.54) is 5.56 Å². The molecule has 0 unspecified atom stereocenters. The predicted octanol–water partition coefficient (Wildman–Crippen LogP) is 7.94. The van der Waals surface area contributed by atoms with Crippen LogP contribution in [0.15, 0.2) is 66.7 Å². The predicted molar refractivity (Wildman–Crippen MR) is 160 cm³/mol. The molecule has 0 aliphatic heterocycles. The summed E-state index contributed by atoms with van der Waals surface area (Å²) in [7, 11) is 4.04. The first-order valence-corrected chi connectivity index (χ1v) is 13.4. The van der Waals surface area contributed by atoms with Gasteiger partial charge in [-0.2, -0.15) is 4.98 Å². The summed E-state index contributed by atoms with van der Waals surface area (Å²) in [5.74, 6) is 3.09. The lowest BCUT2D eigenvalue weighted by atomic mass is 9.91. The van der Waals surface area contributed by atoms with Gasteiger partial charge in [0.15, 0.2) is 0 Å². The second-order valence-electron chi connectivity index (χ2n) is 9.68. The fraction of sp³-hybridized carbons (Fsp3) is 0.333. The van der Waals surface area contributed by atoms with Gasteiger partial charge in [-0.3, -0.25) is 0 Å². The van der Waals surface area contributed by atoms with Crippen LogP contribution in [0.5, 0.6) is 11.5 Å². The molecular weight excluding hydrogens is 517 g/mol. The maximum Gasteiger partial charge on any atom is 0.225 e. The van der Waals surface area contributed by atoms with E-state index in [4.69, 9.17) is 37.9 Å². The third kappa shape index (κ3) is 6.87. The molecule has 4 aromatic rings. The third-order valence-corrected chi connectivity index (χ3v) is 7.43. The molecule has 1 aliphatic carbocycles. The number of nitrogens with one attached hydrogen (secondary N) is 2. The molecule has 200 valence electrons. The van der Waals surface area contributed by atoms with E-state index in [0.29, 0.717) is 33.8 Å². The van der Waals surface area contributed by atoms with Crippen molar-refractivity contribution in [2.45, 2.75) is 51.7 Å². The van der Waals surface area contributed by atoms with Gasteiger partial charge in [-0.15, -0.1) is 0 Å². The van der Waals surface area contributed by atoms with Gasteiger partial charge in [0.2, 0.25) is 5.95 Å². The Kier molecular flexibility index (Phi) is 9.31. The molecule has 6 nitrogen and oxygen atoms in total. The molecule has 0 amide bonds. The Hall–Kier alpha value is -3.06. The Morgan fingerprint density at radius 2 is 1.58 bits per heavy atom. The van der Waals surface area contributed by atoms with E-state index in [1.807, 2.05) is 55.4 Å². The molecule has 0 atom stereocenters. The molecular formula is C30H35Cl2N5O. The van der Waals surface area contributed by atoms with Crippen LogP contribution in [-0.2, 0) is 6.54 Å². The second-order valence-corrected chi connectivity index (χ2v) is 10.5. The molecule has 5 rings (SSSR count). The highest BCUT2D eigenvalue weighted by atomic mass is 35.5. The summed E-state index contributed by atoms with van der Waals surface area (Å²) >= 11 is 12.1. The number of anilines is 2. The number of nitrogens with zero attached hydrogens (tertiary/aromatic N) is 3. The number of rotatable bonds is 8. The van der Waals surface area contributed by atoms with E-state index in [0.717, 1.165) is 54.7 Å². The molecule has 1 heterocycles. The standard InChI is InChI=1S/C29H31Cl2N5O.CH4/c1-36(2)28-24-8-3-4-9-27(24)34-29(35-28)33-21-12-10-20(11-13-21)32-18-19-6-5-7-22(16-19)37-23-14-15-25(30)26(31)17-23;/h3-9,14-17,20-21,32H,10-13,18H2,1-2H3,(H,33,34,35);1H4. The van der Waals surface area contributed by atoms with Crippen LogP contribution in [0.3, 0.4) is 0 Å². The second kappa shape index (κ2) is 12.7. The quantitative estimate of drug-likeness (QED) is 0.231. The van der Waals surface area contributed by atoms with Crippen LogP contribution in [0.4, 0.5) is 11.8 Å². The van der Waals surface area contributed by atoms with Crippen LogP contribution in [0, 0.1) is 0 Å². The molecule has 8 heteroatoms. The SMILES string of the molecule is C.CN(C)c1nc(NC2CCC(NCc3cccc(Oc4ccc(Cl)c(Cl)c4)c3)CC2)nc2ccccc12. The van der Waals surface area contributed by atoms with Crippen molar-refractivity contribution in [2.24, 2.45) is 0 Å². The van der Waals surface area contributed by atoms with Gasteiger partial charge >= 0.3 is 0 Å². The Bertz CT molecular complexity index is 1370. The smallest absolute Gasteiger partial charge is 0.225 e. The van der Waals surface area contributed by atoms with E-state index >= 15 is 0 Å². The first-order chi connectivity index (χ1) is 17.9. The third-order valence-electron chi connectivity index (χ3n) is 6.69. The number of ether oxygens (including phenoxy) is 1. The molecule has 2 N–H and O–H groups in total. The normalized spacial score (nSPS) is 17.1.